The van der Waals surface area contributed by atoms with Gasteiger partial charge in [-0.15, -0.1) is 0 Å². The second-order valence-electron chi connectivity index (χ2n) is 5.94. The molecule has 0 radical (unpaired) electrons. The molecule has 1 unspecified atom stereocenters. The van der Waals surface area contributed by atoms with Gasteiger partial charge in [0.25, 0.3) is 0 Å². The van der Waals surface area contributed by atoms with Gasteiger partial charge in [-0.05, 0) is 25.8 Å². The molecule has 0 aliphatic carbocycles. The summed E-state index contributed by atoms with van der Waals surface area (Å²) in [6.07, 6.45) is 3.08. The summed E-state index contributed by atoms with van der Waals surface area (Å²) < 4.78 is 0. The van der Waals surface area contributed by atoms with Crippen molar-refractivity contribution in [3.05, 3.63) is 24.3 Å². The first kappa shape index (κ1) is 14.4. The Morgan fingerprint density at radius 2 is 2.10 bits per heavy atom. The average Bonchev–Trinajstić information content (AvgIpc) is 2.36. The van der Waals surface area contributed by atoms with E-state index < -0.39 is 11.6 Å². The van der Waals surface area contributed by atoms with E-state index in [9.17, 15) is 9.59 Å². The van der Waals surface area contributed by atoms with Crippen LogP contribution in [0.25, 0.3) is 0 Å². The molecule has 6 heteroatoms. The fourth-order valence-electron chi connectivity index (χ4n) is 2.48. The Bertz CT molecular complexity index is 513. The molecule has 0 saturated carbocycles. The lowest BCUT2D eigenvalue weighted by Gasteiger charge is -2.44. The fourth-order valence-corrected chi connectivity index (χ4v) is 2.48. The molecule has 1 saturated heterocycles. The second kappa shape index (κ2) is 5.19. The zero-order chi connectivity index (χ0) is 14.9. The van der Waals surface area contributed by atoms with E-state index in [4.69, 9.17) is 0 Å². The van der Waals surface area contributed by atoms with Crippen LogP contribution in [0.5, 0.6) is 0 Å². The van der Waals surface area contributed by atoms with Crippen molar-refractivity contribution >= 4 is 11.8 Å². The van der Waals surface area contributed by atoms with Crippen molar-refractivity contribution in [2.24, 2.45) is 5.92 Å². The highest BCUT2D eigenvalue weighted by atomic mass is 16.2. The van der Waals surface area contributed by atoms with Gasteiger partial charge in [-0.2, -0.15) is 0 Å². The predicted molar refractivity (Wildman–Crippen MR) is 73.4 cm³/mol. The molecule has 6 nitrogen and oxygen atoms in total. The number of rotatable bonds is 3. The maximum atomic E-state index is 12.6. The zero-order valence-corrected chi connectivity index (χ0v) is 12.3. The molecule has 2 rings (SSSR count). The predicted octanol–water partition coefficient (Wildman–Crippen LogP) is 0.738. The Morgan fingerprint density at radius 1 is 1.40 bits per heavy atom. The van der Waals surface area contributed by atoms with Gasteiger partial charge in [-0.1, -0.05) is 13.8 Å². The Kier molecular flexibility index (Phi) is 3.74. The normalized spacial score (nSPS) is 22.1. The molecule has 1 atom stereocenters. The van der Waals surface area contributed by atoms with Crippen LogP contribution in [0.15, 0.2) is 18.6 Å². The maximum absolute atomic E-state index is 12.6. The number of hydrogen-bond donors (Lipinski definition) is 1. The molecule has 108 valence electrons. The van der Waals surface area contributed by atoms with Crippen molar-refractivity contribution in [2.75, 3.05) is 0 Å². The lowest BCUT2D eigenvalue weighted by atomic mass is 9.91. The summed E-state index contributed by atoms with van der Waals surface area (Å²) in [5, 5.41) is 2.79. The van der Waals surface area contributed by atoms with Crippen LogP contribution in [0.4, 0.5) is 0 Å². The van der Waals surface area contributed by atoms with Crippen LogP contribution in [0.1, 0.15) is 33.4 Å². The largest absolute Gasteiger partial charge is 0.340 e. The molecule has 1 aromatic rings. The lowest BCUT2D eigenvalue weighted by Crippen LogP contribution is -2.68. The molecule has 20 heavy (non-hydrogen) atoms. The van der Waals surface area contributed by atoms with E-state index in [1.807, 2.05) is 13.8 Å². The van der Waals surface area contributed by atoms with E-state index in [0.29, 0.717) is 6.54 Å². The summed E-state index contributed by atoms with van der Waals surface area (Å²) in [6.45, 7) is 7.63. The number of carbonyl (C=O) groups is 2. The molecule has 1 aromatic heterocycles. The van der Waals surface area contributed by atoms with Gasteiger partial charge in [0.15, 0.2) is 0 Å². The molecule has 2 amide bonds. The van der Waals surface area contributed by atoms with Gasteiger partial charge in [0, 0.05) is 6.20 Å². The third-order valence-corrected chi connectivity index (χ3v) is 3.44. The van der Waals surface area contributed by atoms with Crippen LogP contribution in [0.3, 0.4) is 0 Å². The van der Waals surface area contributed by atoms with E-state index in [0.717, 1.165) is 5.69 Å². The molecular weight excluding hydrogens is 256 g/mol. The second-order valence-corrected chi connectivity index (χ2v) is 5.94. The van der Waals surface area contributed by atoms with Gasteiger partial charge in [0.2, 0.25) is 11.8 Å². The number of amides is 2. The van der Waals surface area contributed by atoms with Crippen LogP contribution in [-0.2, 0) is 16.1 Å². The van der Waals surface area contributed by atoms with E-state index in [2.05, 4.69) is 15.3 Å². The van der Waals surface area contributed by atoms with Crippen LogP contribution in [0, 0.1) is 5.92 Å². The summed E-state index contributed by atoms with van der Waals surface area (Å²) in [7, 11) is 0. The summed E-state index contributed by atoms with van der Waals surface area (Å²) >= 11 is 0. The molecule has 1 aliphatic heterocycles. The van der Waals surface area contributed by atoms with E-state index in [1.165, 1.54) is 6.33 Å². The first-order chi connectivity index (χ1) is 9.33. The lowest BCUT2D eigenvalue weighted by molar-refractivity contribution is -0.156. The zero-order valence-electron chi connectivity index (χ0n) is 12.3. The average molecular weight is 276 g/mol. The summed E-state index contributed by atoms with van der Waals surface area (Å²) in [4.78, 5) is 34.5. The SMILES string of the molecule is CC(C)C1C(=O)NC(C)(C)C(=O)N1Cc1ccncn1. The molecule has 1 fully saturated rings. The number of piperazine rings is 1. The maximum Gasteiger partial charge on any atom is 0.248 e. The first-order valence-electron chi connectivity index (χ1n) is 6.71. The van der Waals surface area contributed by atoms with Gasteiger partial charge in [-0.3, -0.25) is 9.59 Å². The highest BCUT2D eigenvalue weighted by molar-refractivity contribution is 5.99. The van der Waals surface area contributed by atoms with E-state index in [-0.39, 0.29) is 17.7 Å². The minimum Gasteiger partial charge on any atom is -0.340 e. The highest BCUT2D eigenvalue weighted by Crippen LogP contribution is 2.24. The molecular formula is C14H20N4O2. The smallest absolute Gasteiger partial charge is 0.248 e. The van der Waals surface area contributed by atoms with Crippen molar-refractivity contribution in [1.29, 1.82) is 0 Å². The third-order valence-electron chi connectivity index (χ3n) is 3.44. The first-order valence-corrected chi connectivity index (χ1v) is 6.71. The summed E-state index contributed by atoms with van der Waals surface area (Å²) in [5.74, 6) is -0.162. The fraction of sp³-hybridized carbons (Fsp3) is 0.571. The van der Waals surface area contributed by atoms with Crippen LogP contribution < -0.4 is 5.32 Å². The monoisotopic (exact) mass is 276 g/mol. The number of hydrogen-bond acceptors (Lipinski definition) is 4. The summed E-state index contributed by atoms with van der Waals surface area (Å²) in [5.41, 5.74) is -0.153. The molecule has 2 heterocycles. The number of carbonyl (C=O) groups excluding carboxylic acids is 2. The Morgan fingerprint density at radius 3 is 2.65 bits per heavy atom. The topological polar surface area (TPSA) is 75.2 Å². The molecule has 0 aromatic carbocycles. The molecule has 1 N–H and O–H groups in total. The Balaban J connectivity index is 2.33. The van der Waals surface area contributed by atoms with Gasteiger partial charge in [0.05, 0.1) is 12.2 Å². The molecule has 0 bridgehead atoms. The van der Waals surface area contributed by atoms with Crippen molar-refractivity contribution in [3.8, 4) is 0 Å². The van der Waals surface area contributed by atoms with Crippen LogP contribution >= 0.6 is 0 Å². The van der Waals surface area contributed by atoms with E-state index in [1.54, 1.807) is 31.0 Å². The quantitative estimate of drug-likeness (QED) is 0.883. The van der Waals surface area contributed by atoms with Gasteiger partial charge >= 0.3 is 0 Å². The standard InChI is InChI=1S/C14H20N4O2/c1-9(2)11-12(19)17-14(3,4)13(20)18(11)7-10-5-6-15-8-16-10/h5-6,8-9,11H,7H2,1-4H3,(H,17,19). The minimum absolute atomic E-state index is 0.0388. The van der Waals surface area contributed by atoms with Crippen LogP contribution in [-0.4, -0.2) is 38.3 Å². The third kappa shape index (κ3) is 2.64. The van der Waals surface area contributed by atoms with Gasteiger partial charge in [-0.25, -0.2) is 9.97 Å². The Labute approximate surface area is 118 Å². The van der Waals surface area contributed by atoms with Crippen molar-refractivity contribution in [3.63, 3.8) is 0 Å². The van der Waals surface area contributed by atoms with Crippen molar-refractivity contribution in [2.45, 2.75) is 45.8 Å². The molecule has 0 spiro atoms. The van der Waals surface area contributed by atoms with Gasteiger partial charge < -0.3 is 10.2 Å². The Hall–Kier alpha value is -1.98. The van der Waals surface area contributed by atoms with Crippen LogP contribution in [0.2, 0.25) is 0 Å². The van der Waals surface area contributed by atoms with Crippen molar-refractivity contribution < 1.29 is 9.59 Å². The highest BCUT2D eigenvalue weighted by Gasteiger charge is 2.46. The number of nitrogens with one attached hydrogen (secondary N) is 1. The van der Waals surface area contributed by atoms with Gasteiger partial charge in [0.1, 0.15) is 17.9 Å². The number of aromatic nitrogens is 2. The van der Waals surface area contributed by atoms with Crippen molar-refractivity contribution in [1.82, 2.24) is 20.2 Å². The summed E-state index contributed by atoms with van der Waals surface area (Å²) in [6, 6.07) is 1.29. The molecule has 1 aliphatic rings. The van der Waals surface area contributed by atoms with E-state index >= 15 is 0 Å². The number of nitrogens with zero attached hydrogens (tertiary/aromatic N) is 3. The minimum atomic E-state index is -0.879.